The summed E-state index contributed by atoms with van der Waals surface area (Å²) in [5, 5.41) is 8.48. The maximum atomic E-state index is 12.7. The Morgan fingerprint density at radius 2 is 1.63 bits per heavy atom. The van der Waals surface area contributed by atoms with Crippen molar-refractivity contribution in [1.29, 1.82) is 0 Å². The highest BCUT2D eigenvalue weighted by molar-refractivity contribution is 6.00. The van der Waals surface area contributed by atoms with E-state index in [1.807, 2.05) is 64.1 Å². The third-order valence-corrected chi connectivity index (χ3v) is 6.45. The molecule has 1 aliphatic heterocycles. The van der Waals surface area contributed by atoms with E-state index in [4.69, 9.17) is 9.47 Å². The molecule has 2 aromatic carbocycles. The molecule has 0 atom stereocenters. The standard InChI is InChI=1S/C31H37N5O5/c1-21-18-24(10-11-26(21)34-29(38)33-23-8-6-5-7-9-23)40-25-12-15-32-27(20-25)35-28(37)19-22-13-16-36(17-14-22)30(39)41-31(2,3)4/h5-12,15,18,20,22H,13-14,16-17,19H2,1-4H3,(H,32,35,37)(H2,33,34,38). The van der Waals surface area contributed by atoms with E-state index in [1.54, 1.807) is 35.4 Å². The molecule has 1 aliphatic rings. The predicted octanol–water partition coefficient (Wildman–Crippen LogP) is 6.80. The summed E-state index contributed by atoms with van der Waals surface area (Å²) >= 11 is 0. The molecule has 1 fully saturated rings. The summed E-state index contributed by atoms with van der Waals surface area (Å²) in [6.45, 7) is 8.56. The van der Waals surface area contributed by atoms with Gasteiger partial charge in [-0.1, -0.05) is 18.2 Å². The van der Waals surface area contributed by atoms with E-state index < -0.39 is 5.60 Å². The molecule has 3 N–H and O–H groups in total. The van der Waals surface area contributed by atoms with Crippen molar-refractivity contribution in [3.05, 3.63) is 72.4 Å². The summed E-state index contributed by atoms with van der Waals surface area (Å²) in [4.78, 5) is 43.3. The zero-order valence-corrected chi connectivity index (χ0v) is 23.9. The van der Waals surface area contributed by atoms with Crippen LogP contribution in [0.25, 0.3) is 0 Å². The summed E-state index contributed by atoms with van der Waals surface area (Å²) in [6, 6.07) is 17.6. The minimum Gasteiger partial charge on any atom is -0.457 e. The molecule has 2 heterocycles. The maximum absolute atomic E-state index is 12.7. The average Bonchev–Trinajstić information content (AvgIpc) is 2.90. The maximum Gasteiger partial charge on any atom is 0.410 e. The number of hydrogen-bond acceptors (Lipinski definition) is 6. The van der Waals surface area contributed by atoms with Crippen LogP contribution in [0.2, 0.25) is 0 Å². The molecule has 0 spiro atoms. The molecule has 1 aromatic heterocycles. The first-order valence-electron chi connectivity index (χ1n) is 13.7. The number of rotatable bonds is 7. The number of likely N-dealkylation sites (tertiary alicyclic amines) is 1. The Kier molecular flexibility index (Phi) is 9.44. The highest BCUT2D eigenvalue weighted by Gasteiger charge is 2.27. The monoisotopic (exact) mass is 559 g/mol. The number of amides is 4. The fourth-order valence-corrected chi connectivity index (χ4v) is 4.43. The van der Waals surface area contributed by atoms with E-state index >= 15 is 0 Å². The number of pyridine rings is 1. The van der Waals surface area contributed by atoms with Gasteiger partial charge < -0.3 is 30.3 Å². The summed E-state index contributed by atoms with van der Waals surface area (Å²) < 4.78 is 11.4. The van der Waals surface area contributed by atoms with Crippen molar-refractivity contribution in [2.24, 2.45) is 5.92 Å². The molecule has 10 heteroatoms. The van der Waals surface area contributed by atoms with Gasteiger partial charge in [-0.3, -0.25) is 4.79 Å². The molecule has 4 amide bonds. The Hall–Kier alpha value is -4.60. The number of aryl methyl sites for hydroxylation is 1. The van der Waals surface area contributed by atoms with Crippen LogP contribution in [-0.2, 0) is 9.53 Å². The second kappa shape index (κ2) is 13.2. The van der Waals surface area contributed by atoms with Crippen LogP contribution in [0.5, 0.6) is 11.5 Å². The van der Waals surface area contributed by atoms with Crippen molar-refractivity contribution in [1.82, 2.24) is 9.88 Å². The van der Waals surface area contributed by atoms with E-state index in [2.05, 4.69) is 20.9 Å². The number of nitrogens with one attached hydrogen (secondary N) is 3. The summed E-state index contributed by atoms with van der Waals surface area (Å²) in [5.41, 5.74) is 1.66. The number of nitrogens with zero attached hydrogens (tertiary/aromatic N) is 2. The van der Waals surface area contributed by atoms with Crippen LogP contribution < -0.4 is 20.7 Å². The Morgan fingerprint density at radius 3 is 2.32 bits per heavy atom. The number of anilines is 3. The van der Waals surface area contributed by atoms with Crippen molar-refractivity contribution >= 4 is 35.2 Å². The highest BCUT2D eigenvalue weighted by Crippen LogP contribution is 2.28. The van der Waals surface area contributed by atoms with Crippen LogP contribution >= 0.6 is 0 Å². The van der Waals surface area contributed by atoms with E-state index in [-0.39, 0.29) is 23.9 Å². The van der Waals surface area contributed by atoms with Crippen molar-refractivity contribution in [2.45, 2.75) is 52.6 Å². The summed E-state index contributed by atoms with van der Waals surface area (Å²) in [6.07, 6.45) is 3.08. The number of piperidine rings is 1. The smallest absolute Gasteiger partial charge is 0.410 e. The van der Waals surface area contributed by atoms with Crippen molar-refractivity contribution in [2.75, 3.05) is 29.0 Å². The average molecular weight is 560 g/mol. The van der Waals surface area contributed by atoms with E-state index in [9.17, 15) is 14.4 Å². The molecule has 0 unspecified atom stereocenters. The highest BCUT2D eigenvalue weighted by atomic mass is 16.6. The molecule has 3 aromatic rings. The molecule has 0 aliphatic carbocycles. The number of carbonyl (C=O) groups excluding carboxylic acids is 3. The summed E-state index contributed by atoms with van der Waals surface area (Å²) in [7, 11) is 0. The molecule has 0 radical (unpaired) electrons. The minimum absolute atomic E-state index is 0.134. The third-order valence-electron chi connectivity index (χ3n) is 6.45. The second-order valence-corrected chi connectivity index (χ2v) is 11.1. The third kappa shape index (κ3) is 9.23. The number of urea groups is 1. The SMILES string of the molecule is Cc1cc(Oc2ccnc(NC(=O)CC3CCN(C(=O)OC(C)(C)C)CC3)c2)ccc1NC(=O)Nc1ccccc1. The number of ether oxygens (including phenoxy) is 2. The van der Waals surface area contributed by atoms with Gasteiger partial charge in [0.05, 0.1) is 0 Å². The van der Waals surface area contributed by atoms with Gasteiger partial charge in [0, 0.05) is 43.1 Å². The van der Waals surface area contributed by atoms with E-state index in [0.29, 0.717) is 48.2 Å². The van der Waals surface area contributed by atoms with Gasteiger partial charge >= 0.3 is 12.1 Å². The lowest BCUT2D eigenvalue weighted by Crippen LogP contribution is -2.42. The van der Waals surface area contributed by atoms with Crippen LogP contribution in [0, 0.1) is 12.8 Å². The van der Waals surface area contributed by atoms with Crippen LogP contribution in [0.4, 0.5) is 26.8 Å². The van der Waals surface area contributed by atoms with Crippen LogP contribution in [0.1, 0.15) is 45.6 Å². The molecule has 41 heavy (non-hydrogen) atoms. The lowest BCUT2D eigenvalue weighted by atomic mass is 9.93. The first-order chi connectivity index (χ1) is 19.5. The normalized spacial score (nSPS) is 13.7. The van der Waals surface area contributed by atoms with Crippen LogP contribution in [-0.4, -0.2) is 46.6 Å². The van der Waals surface area contributed by atoms with Gasteiger partial charge in [0.1, 0.15) is 22.9 Å². The first-order valence-corrected chi connectivity index (χ1v) is 13.7. The molecule has 4 rings (SSSR count). The Bertz CT molecular complexity index is 1360. The fourth-order valence-electron chi connectivity index (χ4n) is 4.43. The van der Waals surface area contributed by atoms with Gasteiger partial charge in [-0.25, -0.2) is 14.6 Å². The van der Waals surface area contributed by atoms with Crippen LogP contribution in [0.15, 0.2) is 66.9 Å². The molecule has 0 bridgehead atoms. The van der Waals surface area contributed by atoms with Gasteiger partial charge in [-0.05, 0) is 88.4 Å². The summed E-state index contributed by atoms with van der Waals surface area (Å²) in [5.74, 6) is 1.54. The van der Waals surface area contributed by atoms with Gasteiger partial charge in [-0.2, -0.15) is 0 Å². The number of hydrogen-bond donors (Lipinski definition) is 3. The van der Waals surface area contributed by atoms with Crippen molar-refractivity contribution in [3.8, 4) is 11.5 Å². The largest absolute Gasteiger partial charge is 0.457 e. The Morgan fingerprint density at radius 1 is 0.927 bits per heavy atom. The molecule has 10 nitrogen and oxygen atoms in total. The lowest BCUT2D eigenvalue weighted by Gasteiger charge is -2.33. The zero-order chi connectivity index (χ0) is 29.4. The first kappa shape index (κ1) is 29.4. The Labute approximate surface area is 240 Å². The topological polar surface area (TPSA) is 122 Å². The minimum atomic E-state index is -0.528. The molecule has 216 valence electrons. The molecular formula is C31H37N5O5. The quantitative estimate of drug-likeness (QED) is 0.293. The fraction of sp³-hybridized carbons (Fsp3) is 0.355. The van der Waals surface area contributed by atoms with Gasteiger partial charge in [0.2, 0.25) is 5.91 Å². The van der Waals surface area contributed by atoms with E-state index in [0.717, 1.165) is 18.4 Å². The zero-order valence-electron chi connectivity index (χ0n) is 23.9. The van der Waals surface area contributed by atoms with Gasteiger partial charge in [0.15, 0.2) is 0 Å². The van der Waals surface area contributed by atoms with Crippen molar-refractivity contribution in [3.63, 3.8) is 0 Å². The molecular weight excluding hydrogens is 522 g/mol. The predicted molar refractivity (Wildman–Crippen MR) is 158 cm³/mol. The Balaban J connectivity index is 1.26. The van der Waals surface area contributed by atoms with E-state index in [1.165, 1.54) is 0 Å². The van der Waals surface area contributed by atoms with Gasteiger partial charge in [0.25, 0.3) is 0 Å². The number of benzene rings is 2. The number of carbonyl (C=O) groups is 3. The molecule has 1 saturated heterocycles. The van der Waals surface area contributed by atoms with Crippen molar-refractivity contribution < 1.29 is 23.9 Å². The van der Waals surface area contributed by atoms with Gasteiger partial charge in [-0.15, -0.1) is 0 Å². The molecule has 0 saturated carbocycles. The lowest BCUT2D eigenvalue weighted by molar-refractivity contribution is -0.117. The number of aromatic nitrogens is 1. The number of para-hydroxylation sites is 1. The second-order valence-electron chi connectivity index (χ2n) is 11.1. The van der Waals surface area contributed by atoms with Crippen LogP contribution in [0.3, 0.4) is 0 Å².